The summed E-state index contributed by atoms with van der Waals surface area (Å²) >= 11 is 0. The number of carbonyl (C=O) groups excluding carboxylic acids is 2. The Morgan fingerprint density at radius 2 is 1.51 bits per heavy atom. The van der Waals surface area contributed by atoms with Crippen molar-refractivity contribution in [1.29, 1.82) is 0 Å². The van der Waals surface area contributed by atoms with E-state index in [1.54, 1.807) is 46.5 Å². The average Bonchev–Trinajstić information content (AvgIpc) is 3.23. The van der Waals surface area contributed by atoms with E-state index in [4.69, 9.17) is 4.74 Å². The predicted molar refractivity (Wildman–Crippen MR) is 150 cm³/mol. The molecule has 11 nitrogen and oxygen atoms in total. The number of benzene rings is 1. The van der Waals surface area contributed by atoms with Gasteiger partial charge in [0, 0.05) is 51.9 Å². The maximum absolute atomic E-state index is 13.0. The molecule has 3 aromatic rings. The SMILES string of the molecule is CCn1c(=O)c2c(nc(/C=C/c3ccc(C(=O)N4CCN(C(=O)OC(C)(C)C)CC4)cc3)n2C)n(CC)c1=O. The molecule has 0 aliphatic carbocycles. The van der Waals surface area contributed by atoms with Crippen LogP contribution in [0.3, 0.4) is 0 Å². The van der Waals surface area contributed by atoms with Crippen LogP contribution in [0.1, 0.15) is 56.4 Å². The van der Waals surface area contributed by atoms with E-state index in [9.17, 15) is 19.2 Å². The Morgan fingerprint density at radius 1 is 0.923 bits per heavy atom. The van der Waals surface area contributed by atoms with Gasteiger partial charge >= 0.3 is 11.8 Å². The highest BCUT2D eigenvalue weighted by molar-refractivity contribution is 5.94. The van der Waals surface area contributed by atoms with E-state index in [1.807, 2.05) is 45.9 Å². The van der Waals surface area contributed by atoms with Gasteiger partial charge in [-0.2, -0.15) is 0 Å². The fourth-order valence-corrected chi connectivity index (χ4v) is 4.60. The molecule has 39 heavy (non-hydrogen) atoms. The average molecular weight is 537 g/mol. The monoisotopic (exact) mass is 536 g/mol. The van der Waals surface area contributed by atoms with E-state index < -0.39 is 5.60 Å². The van der Waals surface area contributed by atoms with E-state index in [-0.39, 0.29) is 29.8 Å². The van der Waals surface area contributed by atoms with Gasteiger partial charge in [-0.15, -0.1) is 0 Å². The zero-order valence-corrected chi connectivity index (χ0v) is 23.4. The van der Waals surface area contributed by atoms with Gasteiger partial charge in [-0.1, -0.05) is 18.2 Å². The van der Waals surface area contributed by atoms with Crippen LogP contribution in [0.5, 0.6) is 0 Å². The predicted octanol–water partition coefficient (Wildman–Crippen LogP) is 2.80. The summed E-state index contributed by atoms with van der Waals surface area (Å²) in [7, 11) is 1.76. The van der Waals surface area contributed by atoms with Crippen LogP contribution in [0.25, 0.3) is 23.3 Å². The van der Waals surface area contributed by atoms with Crippen LogP contribution in [0, 0.1) is 0 Å². The molecule has 3 heterocycles. The van der Waals surface area contributed by atoms with Crippen molar-refractivity contribution in [3.8, 4) is 0 Å². The van der Waals surface area contributed by atoms with Crippen molar-refractivity contribution in [1.82, 2.24) is 28.5 Å². The lowest BCUT2D eigenvalue weighted by atomic mass is 10.1. The minimum absolute atomic E-state index is 0.0885. The number of hydrogen-bond acceptors (Lipinski definition) is 6. The fourth-order valence-electron chi connectivity index (χ4n) is 4.60. The van der Waals surface area contributed by atoms with Gasteiger partial charge in [0.25, 0.3) is 11.5 Å². The minimum atomic E-state index is -0.557. The topological polar surface area (TPSA) is 112 Å². The highest BCUT2D eigenvalue weighted by Gasteiger charge is 2.28. The van der Waals surface area contributed by atoms with Crippen molar-refractivity contribution in [2.45, 2.75) is 53.3 Å². The number of ether oxygens (including phenoxy) is 1. The van der Waals surface area contributed by atoms with Crippen molar-refractivity contribution in [3.05, 3.63) is 62.1 Å². The molecule has 2 aromatic heterocycles. The Kier molecular flexibility index (Phi) is 7.80. The Labute approximate surface area is 226 Å². The normalized spacial score (nSPS) is 14.4. The molecule has 0 spiro atoms. The fraction of sp³-hybridized carbons (Fsp3) is 0.464. The van der Waals surface area contributed by atoms with Crippen molar-refractivity contribution < 1.29 is 14.3 Å². The first-order valence-electron chi connectivity index (χ1n) is 13.2. The van der Waals surface area contributed by atoms with Crippen molar-refractivity contribution >= 4 is 35.3 Å². The van der Waals surface area contributed by atoms with Gasteiger partial charge in [-0.05, 0) is 58.4 Å². The lowest BCUT2D eigenvalue weighted by molar-refractivity contribution is 0.0141. The largest absolute Gasteiger partial charge is 0.444 e. The first-order valence-corrected chi connectivity index (χ1v) is 13.2. The van der Waals surface area contributed by atoms with E-state index in [0.717, 1.165) is 5.56 Å². The van der Waals surface area contributed by atoms with Crippen LogP contribution in [0.2, 0.25) is 0 Å². The van der Waals surface area contributed by atoms with E-state index in [2.05, 4.69) is 4.98 Å². The smallest absolute Gasteiger partial charge is 0.410 e. The molecule has 0 N–H and O–H groups in total. The molecule has 11 heteroatoms. The molecule has 0 radical (unpaired) electrons. The van der Waals surface area contributed by atoms with Crippen LogP contribution in [-0.2, 0) is 24.9 Å². The molecular formula is C28H36N6O5. The highest BCUT2D eigenvalue weighted by atomic mass is 16.6. The van der Waals surface area contributed by atoms with Crippen molar-refractivity contribution in [2.24, 2.45) is 7.05 Å². The molecule has 0 atom stereocenters. The van der Waals surface area contributed by atoms with Crippen molar-refractivity contribution in [2.75, 3.05) is 26.2 Å². The number of nitrogens with zero attached hydrogens (tertiary/aromatic N) is 6. The lowest BCUT2D eigenvalue weighted by Gasteiger charge is -2.35. The van der Waals surface area contributed by atoms with Crippen LogP contribution in [0.4, 0.5) is 4.79 Å². The second kappa shape index (κ2) is 10.9. The lowest BCUT2D eigenvalue weighted by Crippen LogP contribution is -2.51. The molecule has 1 aromatic carbocycles. The Bertz CT molecular complexity index is 1530. The number of piperazine rings is 1. The summed E-state index contributed by atoms with van der Waals surface area (Å²) in [6.45, 7) is 11.5. The summed E-state index contributed by atoms with van der Waals surface area (Å²) in [5.74, 6) is 0.454. The van der Waals surface area contributed by atoms with Crippen molar-refractivity contribution in [3.63, 3.8) is 0 Å². The molecule has 0 bridgehead atoms. The number of hydrogen-bond donors (Lipinski definition) is 0. The second-order valence-corrected chi connectivity index (χ2v) is 10.5. The summed E-state index contributed by atoms with van der Waals surface area (Å²) in [4.78, 5) is 58.8. The standard InChI is InChI=1S/C28H36N6O5/c1-7-33-23-22(25(36)34(8-2)26(33)37)30(6)21(29-23)14-11-19-9-12-20(13-10-19)24(35)31-15-17-32(18-16-31)27(38)39-28(3,4)5/h9-14H,7-8,15-18H2,1-6H3/b14-11+. The molecule has 1 aliphatic rings. The summed E-state index contributed by atoms with van der Waals surface area (Å²) in [5, 5.41) is 0. The molecular weight excluding hydrogens is 500 g/mol. The van der Waals surface area contributed by atoms with Gasteiger partial charge in [0.2, 0.25) is 0 Å². The number of aromatic nitrogens is 4. The number of rotatable bonds is 5. The second-order valence-electron chi connectivity index (χ2n) is 10.5. The van der Waals surface area contributed by atoms with Gasteiger partial charge in [0.15, 0.2) is 11.2 Å². The zero-order chi connectivity index (χ0) is 28.5. The molecule has 0 saturated carbocycles. The van der Waals surface area contributed by atoms with Gasteiger partial charge in [0.1, 0.15) is 11.4 Å². The first-order chi connectivity index (χ1) is 18.4. The Balaban J connectivity index is 1.46. The molecule has 2 amide bonds. The third-order valence-corrected chi connectivity index (χ3v) is 6.71. The highest BCUT2D eigenvalue weighted by Crippen LogP contribution is 2.16. The quantitative estimate of drug-likeness (QED) is 0.496. The van der Waals surface area contributed by atoms with Gasteiger partial charge < -0.3 is 19.1 Å². The number of aryl methyl sites for hydroxylation is 2. The summed E-state index contributed by atoms with van der Waals surface area (Å²) < 4.78 is 9.84. The van der Waals surface area contributed by atoms with Crippen LogP contribution in [0.15, 0.2) is 33.9 Å². The number of carbonyl (C=O) groups is 2. The summed E-state index contributed by atoms with van der Waals surface area (Å²) in [5.41, 5.74) is 0.889. The minimum Gasteiger partial charge on any atom is -0.444 e. The van der Waals surface area contributed by atoms with Gasteiger partial charge in [-0.3, -0.25) is 18.7 Å². The molecule has 4 rings (SSSR count). The first kappa shape index (κ1) is 27.9. The molecule has 1 aliphatic heterocycles. The van der Waals surface area contributed by atoms with Gasteiger partial charge in [-0.25, -0.2) is 14.6 Å². The van der Waals surface area contributed by atoms with Crippen LogP contribution >= 0.6 is 0 Å². The molecule has 1 saturated heterocycles. The Morgan fingerprint density at radius 3 is 2.08 bits per heavy atom. The summed E-state index contributed by atoms with van der Waals surface area (Å²) in [6.07, 6.45) is 3.27. The van der Waals surface area contributed by atoms with E-state index in [0.29, 0.717) is 55.3 Å². The number of fused-ring (bicyclic) bond motifs is 1. The molecule has 208 valence electrons. The number of imidazole rings is 1. The van der Waals surface area contributed by atoms with E-state index >= 15 is 0 Å². The maximum atomic E-state index is 13.0. The Hall–Kier alpha value is -4.15. The van der Waals surface area contributed by atoms with Crippen LogP contribution < -0.4 is 11.2 Å². The third-order valence-electron chi connectivity index (χ3n) is 6.71. The number of amides is 2. The zero-order valence-electron chi connectivity index (χ0n) is 23.4. The third kappa shape index (κ3) is 5.67. The van der Waals surface area contributed by atoms with E-state index in [1.165, 1.54) is 9.13 Å². The van der Waals surface area contributed by atoms with Gasteiger partial charge in [0.05, 0.1) is 0 Å². The maximum Gasteiger partial charge on any atom is 0.410 e. The van der Waals surface area contributed by atoms with Crippen LogP contribution in [-0.4, -0.2) is 72.3 Å². The summed E-state index contributed by atoms with van der Waals surface area (Å²) in [6, 6.07) is 7.22. The molecule has 0 unspecified atom stereocenters. The molecule has 1 fully saturated rings.